The second kappa shape index (κ2) is 6.80. The lowest BCUT2D eigenvalue weighted by Gasteiger charge is -2.17. The molecule has 1 fully saturated rings. The van der Waals surface area contributed by atoms with E-state index in [1.165, 1.54) is 0 Å². The van der Waals surface area contributed by atoms with Gasteiger partial charge in [-0.25, -0.2) is 5.84 Å². The molecule has 2 atom stereocenters. The molecule has 0 spiro atoms. The quantitative estimate of drug-likeness (QED) is 0.495. The van der Waals surface area contributed by atoms with Crippen molar-refractivity contribution in [3.8, 4) is 0 Å². The summed E-state index contributed by atoms with van der Waals surface area (Å²) >= 11 is 0. The first kappa shape index (κ1) is 14.9. The molecule has 8 nitrogen and oxygen atoms in total. The smallest absolute Gasteiger partial charge is 0.243 e. The third-order valence-corrected chi connectivity index (χ3v) is 4.56. The van der Waals surface area contributed by atoms with E-state index in [0.29, 0.717) is 24.4 Å². The van der Waals surface area contributed by atoms with E-state index in [0.717, 1.165) is 25.9 Å². The van der Waals surface area contributed by atoms with Crippen LogP contribution >= 0.6 is 0 Å². The third kappa shape index (κ3) is 3.76. The van der Waals surface area contributed by atoms with Gasteiger partial charge in [-0.3, -0.25) is 9.63 Å². The third-order valence-electron chi connectivity index (χ3n) is 3.26. The minimum atomic E-state index is -0.883. The van der Waals surface area contributed by atoms with Crippen LogP contribution in [0.2, 0.25) is 0 Å². The van der Waals surface area contributed by atoms with Crippen LogP contribution in [-0.4, -0.2) is 50.3 Å². The molecule has 112 valence electrons. The Morgan fingerprint density at radius 2 is 1.95 bits per heavy atom. The van der Waals surface area contributed by atoms with Gasteiger partial charge in [0, 0.05) is 41.9 Å². The van der Waals surface area contributed by atoms with Crippen LogP contribution in [0, 0.1) is 0 Å². The average molecular weight is 299 g/mol. The average Bonchev–Trinajstić information content (AvgIpc) is 2.98. The predicted octanol–water partition coefficient (Wildman–Crippen LogP) is -0.0637. The Labute approximate surface area is 121 Å². The van der Waals surface area contributed by atoms with E-state index in [4.69, 9.17) is 5.84 Å². The fourth-order valence-electron chi connectivity index (χ4n) is 1.92. The molecule has 2 rings (SSSR count). The minimum Gasteiger partial charge on any atom is -0.353 e. The highest BCUT2D eigenvalue weighted by Gasteiger charge is 2.17. The summed E-state index contributed by atoms with van der Waals surface area (Å²) in [6.45, 7) is 4.34. The topological polar surface area (TPSA) is 109 Å². The molecule has 2 unspecified atom stereocenters. The summed E-state index contributed by atoms with van der Waals surface area (Å²) in [6, 6.07) is 0. The zero-order valence-electron chi connectivity index (χ0n) is 11.8. The van der Waals surface area contributed by atoms with E-state index in [-0.39, 0.29) is 5.25 Å². The normalized spacial score (nSPS) is 17.9. The molecule has 2 heterocycles. The fraction of sp³-hybridized carbons (Fsp3) is 0.727. The van der Waals surface area contributed by atoms with Gasteiger partial charge in [0.25, 0.3) is 0 Å². The number of nitrogens with two attached hydrogens (primary N) is 1. The summed E-state index contributed by atoms with van der Waals surface area (Å²) in [5.41, 5.74) is 2.45. The lowest BCUT2D eigenvalue weighted by Crippen LogP contribution is -2.25. The number of nitrogens with zero attached hydrogens (tertiary/aromatic N) is 4. The van der Waals surface area contributed by atoms with Gasteiger partial charge in [-0.05, 0) is 19.8 Å². The summed E-state index contributed by atoms with van der Waals surface area (Å²) in [7, 11) is -0.883. The van der Waals surface area contributed by atoms with Gasteiger partial charge in [0.1, 0.15) is 0 Å². The van der Waals surface area contributed by atoms with E-state index in [9.17, 15) is 4.21 Å². The summed E-state index contributed by atoms with van der Waals surface area (Å²) in [6.07, 6.45) is 3.97. The van der Waals surface area contributed by atoms with Gasteiger partial charge in [-0.1, -0.05) is 0 Å². The molecule has 0 bridgehead atoms. The molecule has 0 amide bonds. The number of hydrazine groups is 1. The zero-order valence-corrected chi connectivity index (χ0v) is 12.6. The van der Waals surface area contributed by atoms with Crippen LogP contribution in [0.1, 0.15) is 19.8 Å². The van der Waals surface area contributed by atoms with Crippen molar-refractivity contribution >= 4 is 28.6 Å². The molecular weight excluding hydrogens is 278 g/mol. The highest BCUT2D eigenvalue weighted by Crippen LogP contribution is 2.18. The van der Waals surface area contributed by atoms with Crippen LogP contribution in [0.4, 0.5) is 17.8 Å². The Kier molecular flexibility index (Phi) is 5.07. The van der Waals surface area contributed by atoms with Crippen LogP contribution in [-0.2, 0) is 10.8 Å². The first-order valence-corrected chi connectivity index (χ1v) is 8.26. The number of nitrogens with one attached hydrogen (secondary N) is 2. The van der Waals surface area contributed by atoms with Crippen LogP contribution in [0.3, 0.4) is 0 Å². The van der Waals surface area contributed by atoms with Crippen molar-refractivity contribution in [3.63, 3.8) is 0 Å². The van der Waals surface area contributed by atoms with E-state index in [2.05, 4.69) is 30.6 Å². The van der Waals surface area contributed by atoms with Gasteiger partial charge >= 0.3 is 0 Å². The van der Waals surface area contributed by atoms with Crippen molar-refractivity contribution in [2.45, 2.75) is 25.0 Å². The molecule has 4 N–H and O–H groups in total. The largest absolute Gasteiger partial charge is 0.353 e. The Balaban J connectivity index is 2.11. The molecule has 0 saturated carbocycles. The lowest BCUT2D eigenvalue weighted by molar-refractivity contribution is 0.678. The van der Waals surface area contributed by atoms with Crippen molar-refractivity contribution in [2.24, 2.45) is 5.84 Å². The van der Waals surface area contributed by atoms with E-state index >= 15 is 0 Å². The molecule has 1 aromatic rings. The number of anilines is 3. The monoisotopic (exact) mass is 299 g/mol. The molecule has 9 heteroatoms. The number of hydrogen-bond acceptors (Lipinski definition) is 8. The van der Waals surface area contributed by atoms with Crippen molar-refractivity contribution < 1.29 is 4.21 Å². The van der Waals surface area contributed by atoms with E-state index < -0.39 is 10.8 Å². The number of nitrogen functional groups attached to an aromatic ring is 1. The molecule has 20 heavy (non-hydrogen) atoms. The van der Waals surface area contributed by atoms with Crippen LogP contribution < -0.4 is 21.5 Å². The molecule has 1 aromatic heterocycles. The van der Waals surface area contributed by atoms with Crippen molar-refractivity contribution in [1.29, 1.82) is 0 Å². The zero-order chi connectivity index (χ0) is 14.5. The first-order valence-electron chi connectivity index (χ1n) is 6.64. The number of rotatable bonds is 6. The summed E-state index contributed by atoms with van der Waals surface area (Å²) in [5, 5.41) is 3.11. The summed E-state index contributed by atoms with van der Waals surface area (Å²) < 4.78 is 11.3. The van der Waals surface area contributed by atoms with Gasteiger partial charge < -0.3 is 10.2 Å². The van der Waals surface area contributed by atoms with Gasteiger partial charge in [-0.15, -0.1) is 0 Å². The Morgan fingerprint density at radius 3 is 2.55 bits per heavy atom. The van der Waals surface area contributed by atoms with Crippen molar-refractivity contribution in [2.75, 3.05) is 41.5 Å². The molecule has 1 aliphatic heterocycles. The predicted molar refractivity (Wildman–Crippen MR) is 81.1 cm³/mol. The Morgan fingerprint density at radius 1 is 1.30 bits per heavy atom. The molecular formula is C11H21N7OS. The SMILES string of the molecule is CC(CNc1nc(NN)nc(N2CCCC2)n1)S(C)=O. The maximum absolute atomic E-state index is 11.3. The Hall–Kier alpha value is -1.48. The summed E-state index contributed by atoms with van der Waals surface area (Å²) in [4.78, 5) is 14.9. The van der Waals surface area contributed by atoms with Crippen molar-refractivity contribution in [3.05, 3.63) is 0 Å². The number of hydrogen-bond donors (Lipinski definition) is 3. The molecule has 0 aromatic carbocycles. The lowest BCUT2D eigenvalue weighted by atomic mass is 10.4. The molecule has 0 radical (unpaired) electrons. The van der Waals surface area contributed by atoms with Gasteiger partial charge in [-0.2, -0.15) is 15.0 Å². The maximum atomic E-state index is 11.3. The van der Waals surface area contributed by atoms with Crippen molar-refractivity contribution in [1.82, 2.24) is 15.0 Å². The Bertz CT molecular complexity index is 478. The van der Waals surface area contributed by atoms with E-state index in [1.54, 1.807) is 6.26 Å². The molecule has 1 saturated heterocycles. The second-order valence-electron chi connectivity index (χ2n) is 4.81. The summed E-state index contributed by atoms with van der Waals surface area (Å²) in [5.74, 6) is 6.80. The first-order chi connectivity index (χ1) is 9.60. The van der Waals surface area contributed by atoms with Gasteiger partial charge in [0.2, 0.25) is 17.8 Å². The van der Waals surface area contributed by atoms with Crippen LogP contribution in [0.15, 0.2) is 0 Å². The standard InChI is InChI=1S/C11H21N7OS/c1-8(20(2)19)7-13-9-14-10(17-12)16-11(15-9)18-5-3-4-6-18/h8H,3-7,12H2,1-2H3,(H2,13,14,15,16,17). The van der Waals surface area contributed by atoms with Crippen LogP contribution in [0.25, 0.3) is 0 Å². The number of aromatic nitrogens is 3. The van der Waals surface area contributed by atoms with Crippen LogP contribution in [0.5, 0.6) is 0 Å². The maximum Gasteiger partial charge on any atom is 0.243 e. The van der Waals surface area contributed by atoms with Gasteiger partial charge in [0.05, 0.1) is 0 Å². The fourth-order valence-corrected chi connectivity index (χ4v) is 2.24. The molecule has 0 aliphatic carbocycles. The highest BCUT2D eigenvalue weighted by atomic mass is 32.2. The van der Waals surface area contributed by atoms with Gasteiger partial charge in [0.15, 0.2) is 0 Å². The minimum absolute atomic E-state index is 0.0243. The molecule has 1 aliphatic rings. The highest BCUT2D eigenvalue weighted by molar-refractivity contribution is 7.84. The van der Waals surface area contributed by atoms with E-state index in [1.807, 2.05) is 6.92 Å². The second-order valence-corrected chi connectivity index (χ2v) is 6.61.